The maximum absolute atomic E-state index is 2.67. The molecule has 0 amide bonds. The molecule has 1 heteroatoms. The highest BCUT2D eigenvalue weighted by molar-refractivity contribution is 5.16. The highest BCUT2D eigenvalue weighted by atomic mass is 15.1. The van der Waals surface area contributed by atoms with Gasteiger partial charge in [0.25, 0.3) is 0 Å². The highest BCUT2D eigenvalue weighted by Crippen LogP contribution is 2.12. The van der Waals surface area contributed by atoms with Crippen molar-refractivity contribution in [2.45, 2.75) is 65.2 Å². The standard InChI is InChI=1S/C26H39N/c1-24(2)14-8-4-3-5-13-21-27(22-19-25-15-9-6-10-16-25)23-20-26-17-11-7-12-18-26/h6-7,9-12,15-18,24H,3-5,8,13-14,19-23H2,1-2H3. The summed E-state index contributed by atoms with van der Waals surface area (Å²) in [7, 11) is 0. The molecular formula is C26H39N. The smallest absolute Gasteiger partial charge is 0.00219 e. The molecule has 27 heavy (non-hydrogen) atoms. The fourth-order valence-electron chi connectivity index (χ4n) is 3.62. The van der Waals surface area contributed by atoms with Gasteiger partial charge in [0.2, 0.25) is 0 Å². The molecule has 0 aliphatic heterocycles. The zero-order valence-electron chi connectivity index (χ0n) is 17.6. The van der Waals surface area contributed by atoms with Crippen molar-refractivity contribution in [1.29, 1.82) is 0 Å². The van der Waals surface area contributed by atoms with Gasteiger partial charge in [-0.3, -0.25) is 0 Å². The summed E-state index contributed by atoms with van der Waals surface area (Å²) in [5.41, 5.74) is 2.91. The van der Waals surface area contributed by atoms with Crippen molar-refractivity contribution in [3.8, 4) is 0 Å². The van der Waals surface area contributed by atoms with Gasteiger partial charge in [-0.2, -0.15) is 0 Å². The van der Waals surface area contributed by atoms with Gasteiger partial charge in [-0.15, -0.1) is 0 Å². The number of unbranched alkanes of at least 4 members (excludes halogenated alkanes) is 4. The molecule has 0 bridgehead atoms. The number of rotatable bonds is 14. The molecule has 0 radical (unpaired) electrons. The Bertz CT molecular complexity index is 532. The molecule has 2 aromatic rings. The Morgan fingerprint density at radius 1 is 0.593 bits per heavy atom. The minimum Gasteiger partial charge on any atom is -0.303 e. The Labute approximate surface area is 167 Å². The fraction of sp³-hybridized carbons (Fsp3) is 0.538. The fourth-order valence-corrected chi connectivity index (χ4v) is 3.62. The predicted molar refractivity (Wildman–Crippen MR) is 119 cm³/mol. The molecular weight excluding hydrogens is 326 g/mol. The number of benzene rings is 2. The van der Waals surface area contributed by atoms with Crippen LogP contribution in [0.25, 0.3) is 0 Å². The van der Waals surface area contributed by atoms with Gasteiger partial charge in [0.05, 0.1) is 0 Å². The molecule has 2 rings (SSSR count). The minimum atomic E-state index is 0.858. The van der Waals surface area contributed by atoms with Gasteiger partial charge in [-0.25, -0.2) is 0 Å². The van der Waals surface area contributed by atoms with Crippen LogP contribution in [0.4, 0.5) is 0 Å². The second-order valence-electron chi connectivity index (χ2n) is 8.26. The summed E-state index contributed by atoms with van der Waals surface area (Å²) in [5, 5.41) is 0. The van der Waals surface area contributed by atoms with E-state index in [0.717, 1.165) is 18.8 Å². The summed E-state index contributed by atoms with van der Waals surface area (Å²) in [6.07, 6.45) is 10.6. The van der Waals surface area contributed by atoms with E-state index in [-0.39, 0.29) is 0 Å². The summed E-state index contributed by atoms with van der Waals surface area (Å²) < 4.78 is 0. The van der Waals surface area contributed by atoms with E-state index >= 15 is 0 Å². The van der Waals surface area contributed by atoms with Gasteiger partial charge in [0.15, 0.2) is 0 Å². The lowest BCUT2D eigenvalue weighted by Gasteiger charge is -2.22. The zero-order valence-corrected chi connectivity index (χ0v) is 17.6. The summed E-state index contributed by atoms with van der Waals surface area (Å²) in [6.45, 7) is 8.24. The first-order valence-electron chi connectivity index (χ1n) is 11.0. The monoisotopic (exact) mass is 365 g/mol. The van der Waals surface area contributed by atoms with Crippen molar-refractivity contribution >= 4 is 0 Å². The van der Waals surface area contributed by atoms with Crippen LogP contribution < -0.4 is 0 Å². The van der Waals surface area contributed by atoms with Crippen molar-refractivity contribution < 1.29 is 0 Å². The Hall–Kier alpha value is -1.60. The number of nitrogens with zero attached hydrogens (tertiary/aromatic N) is 1. The van der Waals surface area contributed by atoms with E-state index in [1.807, 2.05) is 0 Å². The van der Waals surface area contributed by atoms with E-state index in [0.29, 0.717) is 0 Å². The van der Waals surface area contributed by atoms with Crippen LogP contribution in [-0.2, 0) is 12.8 Å². The van der Waals surface area contributed by atoms with Crippen molar-refractivity contribution in [2.24, 2.45) is 5.92 Å². The van der Waals surface area contributed by atoms with Gasteiger partial charge >= 0.3 is 0 Å². The van der Waals surface area contributed by atoms with Crippen molar-refractivity contribution in [3.05, 3.63) is 71.8 Å². The van der Waals surface area contributed by atoms with E-state index in [9.17, 15) is 0 Å². The molecule has 1 nitrogen and oxygen atoms in total. The predicted octanol–water partition coefficient (Wildman–Crippen LogP) is 6.77. The van der Waals surface area contributed by atoms with E-state index in [2.05, 4.69) is 79.4 Å². The second-order valence-corrected chi connectivity index (χ2v) is 8.26. The van der Waals surface area contributed by atoms with E-state index in [1.54, 1.807) is 0 Å². The van der Waals surface area contributed by atoms with Crippen LogP contribution in [0.2, 0.25) is 0 Å². The van der Waals surface area contributed by atoms with Crippen molar-refractivity contribution in [1.82, 2.24) is 4.90 Å². The maximum atomic E-state index is 2.67. The van der Waals surface area contributed by atoms with Gasteiger partial charge in [-0.1, -0.05) is 107 Å². The summed E-state index contributed by atoms with van der Waals surface area (Å²) in [6, 6.07) is 21.8. The Morgan fingerprint density at radius 2 is 1.07 bits per heavy atom. The summed E-state index contributed by atoms with van der Waals surface area (Å²) >= 11 is 0. The Kier molecular flexibility index (Phi) is 10.9. The van der Waals surface area contributed by atoms with Crippen molar-refractivity contribution in [3.63, 3.8) is 0 Å². The molecule has 0 aromatic heterocycles. The van der Waals surface area contributed by atoms with Crippen LogP contribution in [0.15, 0.2) is 60.7 Å². The largest absolute Gasteiger partial charge is 0.303 e. The lowest BCUT2D eigenvalue weighted by Crippen LogP contribution is -2.29. The SMILES string of the molecule is CC(C)CCCCCCCN(CCc1ccccc1)CCc1ccccc1. The molecule has 2 aromatic carbocycles. The van der Waals surface area contributed by atoms with Crippen LogP contribution in [0.1, 0.15) is 63.5 Å². The third-order valence-corrected chi connectivity index (χ3v) is 5.37. The molecule has 0 unspecified atom stereocenters. The van der Waals surface area contributed by atoms with Crippen LogP contribution in [-0.4, -0.2) is 24.5 Å². The summed E-state index contributed by atoms with van der Waals surface area (Å²) in [4.78, 5) is 2.67. The van der Waals surface area contributed by atoms with Gasteiger partial charge in [0, 0.05) is 13.1 Å². The van der Waals surface area contributed by atoms with Gasteiger partial charge in [0.1, 0.15) is 0 Å². The minimum absolute atomic E-state index is 0.858. The van der Waals surface area contributed by atoms with Crippen molar-refractivity contribution in [2.75, 3.05) is 19.6 Å². The molecule has 0 fully saturated rings. The van der Waals surface area contributed by atoms with E-state index < -0.39 is 0 Å². The van der Waals surface area contributed by atoms with E-state index in [4.69, 9.17) is 0 Å². The van der Waals surface area contributed by atoms with Crippen LogP contribution in [0.3, 0.4) is 0 Å². The zero-order chi connectivity index (χ0) is 19.2. The lowest BCUT2D eigenvalue weighted by molar-refractivity contribution is 0.273. The quantitative estimate of drug-likeness (QED) is 0.334. The molecule has 0 spiro atoms. The lowest BCUT2D eigenvalue weighted by atomic mass is 10.0. The highest BCUT2D eigenvalue weighted by Gasteiger charge is 2.06. The molecule has 0 heterocycles. The average molecular weight is 366 g/mol. The Morgan fingerprint density at radius 3 is 1.59 bits per heavy atom. The van der Waals surface area contributed by atoms with Crippen LogP contribution in [0, 0.1) is 5.92 Å². The first kappa shape index (κ1) is 21.7. The topological polar surface area (TPSA) is 3.24 Å². The second kappa shape index (κ2) is 13.6. The average Bonchev–Trinajstić information content (AvgIpc) is 2.70. The Balaban J connectivity index is 1.71. The molecule has 0 saturated carbocycles. The molecule has 0 N–H and O–H groups in total. The van der Waals surface area contributed by atoms with E-state index in [1.165, 1.54) is 69.3 Å². The molecule has 0 aliphatic rings. The first-order valence-corrected chi connectivity index (χ1v) is 11.0. The molecule has 0 saturated heterocycles. The first-order chi connectivity index (χ1) is 13.2. The number of hydrogen-bond acceptors (Lipinski definition) is 1. The van der Waals surface area contributed by atoms with Crippen LogP contribution in [0.5, 0.6) is 0 Å². The summed E-state index contributed by atoms with van der Waals surface area (Å²) in [5.74, 6) is 0.858. The normalized spacial score (nSPS) is 11.4. The molecule has 148 valence electrons. The van der Waals surface area contributed by atoms with Crippen LogP contribution >= 0.6 is 0 Å². The van der Waals surface area contributed by atoms with Gasteiger partial charge in [-0.05, 0) is 42.9 Å². The number of hydrogen-bond donors (Lipinski definition) is 0. The maximum Gasteiger partial charge on any atom is 0.00219 e. The third-order valence-electron chi connectivity index (χ3n) is 5.37. The molecule has 0 atom stereocenters. The van der Waals surface area contributed by atoms with Gasteiger partial charge < -0.3 is 4.90 Å². The third kappa shape index (κ3) is 10.3. The molecule has 0 aliphatic carbocycles.